The topological polar surface area (TPSA) is 43.8 Å². The van der Waals surface area contributed by atoms with Gasteiger partial charge in [-0.15, -0.1) is 0 Å². The van der Waals surface area contributed by atoms with Gasteiger partial charge in [0.15, 0.2) is 0 Å². The normalized spacial score (nSPS) is 17.8. The highest BCUT2D eigenvalue weighted by molar-refractivity contribution is 5.74. The van der Waals surface area contributed by atoms with Crippen molar-refractivity contribution in [1.82, 2.24) is 9.80 Å². The largest absolute Gasteiger partial charge is 0.395 e. The predicted molar refractivity (Wildman–Crippen MR) is 70.6 cm³/mol. The van der Waals surface area contributed by atoms with Crippen molar-refractivity contribution in [3.05, 3.63) is 35.4 Å². The van der Waals surface area contributed by atoms with Gasteiger partial charge in [0, 0.05) is 44.8 Å². The molecule has 2 rings (SSSR count). The molecule has 0 aliphatic carbocycles. The van der Waals surface area contributed by atoms with Crippen molar-refractivity contribution in [3.8, 4) is 0 Å². The summed E-state index contributed by atoms with van der Waals surface area (Å²) in [5.74, 6) is 0. The van der Waals surface area contributed by atoms with Crippen LogP contribution in [0.15, 0.2) is 24.3 Å². The first kappa shape index (κ1) is 13.2. The molecule has 1 fully saturated rings. The highest BCUT2D eigenvalue weighted by Crippen LogP contribution is 2.09. The van der Waals surface area contributed by atoms with E-state index in [9.17, 15) is 4.79 Å². The second-order valence-electron chi connectivity index (χ2n) is 4.70. The van der Waals surface area contributed by atoms with Gasteiger partial charge in [-0.05, 0) is 5.56 Å². The van der Waals surface area contributed by atoms with Gasteiger partial charge in [0.05, 0.1) is 6.61 Å². The molecular formula is C14H20N2O2. The van der Waals surface area contributed by atoms with Crippen molar-refractivity contribution in [1.29, 1.82) is 0 Å². The summed E-state index contributed by atoms with van der Waals surface area (Å²) in [7, 11) is 0. The SMILES string of the molecule is O=Cc1ccc(CN2CCN(CCO)CC2)cc1. The lowest BCUT2D eigenvalue weighted by Crippen LogP contribution is -2.46. The maximum Gasteiger partial charge on any atom is 0.150 e. The first-order valence-corrected chi connectivity index (χ1v) is 6.41. The number of aldehydes is 1. The van der Waals surface area contributed by atoms with Crippen molar-refractivity contribution in [2.45, 2.75) is 6.54 Å². The van der Waals surface area contributed by atoms with Crippen LogP contribution in [-0.2, 0) is 6.54 Å². The van der Waals surface area contributed by atoms with Crippen LogP contribution in [0.1, 0.15) is 15.9 Å². The minimum Gasteiger partial charge on any atom is -0.395 e. The van der Waals surface area contributed by atoms with Gasteiger partial charge in [0.25, 0.3) is 0 Å². The Kier molecular flexibility index (Phi) is 4.87. The fourth-order valence-corrected chi connectivity index (χ4v) is 2.27. The average molecular weight is 248 g/mol. The molecule has 0 radical (unpaired) electrons. The van der Waals surface area contributed by atoms with Gasteiger partial charge in [-0.2, -0.15) is 0 Å². The highest BCUT2D eigenvalue weighted by atomic mass is 16.3. The lowest BCUT2D eigenvalue weighted by atomic mass is 10.1. The van der Waals surface area contributed by atoms with Gasteiger partial charge in [0.2, 0.25) is 0 Å². The number of nitrogens with zero attached hydrogens (tertiary/aromatic N) is 2. The van der Waals surface area contributed by atoms with Gasteiger partial charge >= 0.3 is 0 Å². The summed E-state index contributed by atoms with van der Waals surface area (Å²) in [6, 6.07) is 7.77. The number of hydrogen-bond donors (Lipinski definition) is 1. The first-order chi connectivity index (χ1) is 8.81. The Labute approximate surface area is 108 Å². The van der Waals surface area contributed by atoms with Crippen molar-refractivity contribution in [3.63, 3.8) is 0 Å². The Hall–Kier alpha value is -1.23. The molecule has 0 aromatic heterocycles. The monoisotopic (exact) mass is 248 g/mol. The molecule has 1 saturated heterocycles. The summed E-state index contributed by atoms with van der Waals surface area (Å²) in [4.78, 5) is 15.3. The van der Waals surface area contributed by atoms with Crippen LogP contribution in [0.3, 0.4) is 0 Å². The minimum atomic E-state index is 0.243. The molecule has 1 heterocycles. The minimum absolute atomic E-state index is 0.243. The Morgan fingerprint density at radius 3 is 2.22 bits per heavy atom. The van der Waals surface area contributed by atoms with E-state index >= 15 is 0 Å². The molecule has 1 aliphatic rings. The van der Waals surface area contributed by atoms with Crippen LogP contribution in [0, 0.1) is 0 Å². The van der Waals surface area contributed by atoms with Crippen LogP contribution in [0.2, 0.25) is 0 Å². The summed E-state index contributed by atoms with van der Waals surface area (Å²) in [5.41, 5.74) is 1.97. The maximum absolute atomic E-state index is 10.6. The van der Waals surface area contributed by atoms with Crippen molar-refractivity contribution >= 4 is 6.29 Å². The van der Waals surface area contributed by atoms with Crippen molar-refractivity contribution in [2.75, 3.05) is 39.3 Å². The fourth-order valence-electron chi connectivity index (χ4n) is 2.27. The third-order valence-corrected chi connectivity index (χ3v) is 3.40. The van der Waals surface area contributed by atoms with Gasteiger partial charge in [-0.1, -0.05) is 24.3 Å². The predicted octanol–water partition coefficient (Wildman–Crippen LogP) is 0.609. The molecule has 98 valence electrons. The average Bonchev–Trinajstić information content (AvgIpc) is 2.42. The summed E-state index contributed by atoms with van der Waals surface area (Å²) in [5, 5.41) is 8.89. The number of carbonyl (C=O) groups is 1. The maximum atomic E-state index is 10.6. The fraction of sp³-hybridized carbons (Fsp3) is 0.500. The smallest absolute Gasteiger partial charge is 0.150 e. The molecule has 0 bridgehead atoms. The molecule has 4 nitrogen and oxygen atoms in total. The van der Waals surface area contributed by atoms with Gasteiger partial charge < -0.3 is 5.11 Å². The molecular weight excluding hydrogens is 228 g/mol. The van der Waals surface area contributed by atoms with Crippen molar-refractivity contribution in [2.24, 2.45) is 0 Å². The molecule has 4 heteroatoms. The highest BCUT2D eigenvalue weighted by Gasteiger charge is 2.16. The molecule has 0 unspecified atom stereocenters. The number of rotatable bonds is 5. The quantitative estimate of drug-likeness (QED) is 0.775. The Balaban J connectivity index is 1.81. The Morgan fingerprint density at radius 1 is 1.06 bits per heavy atom. The van der Waals surface area contributed by atoms with E-state index in [-0.39, 0.29) is 6.61 Å². The first-order valence-electron chi connectivity index (χ1n) is 6.41. The van der Waals surface area contributed by atoms with Crippen LogP contribution in [0.5, 0.6) is 0 Å². The third-order valence-electron chi connectivity index (χ3n) is 3.40. The summed E-state index contributed by atoms with van der Waals surface area (Å²) in [6.07, 6.45) is 0.872. The van der Waals surface area contributed by atoms with E-state index in [0.29, 0.717) is 0 Å². The molecule has 1 N–H and O–H groups in total. The van der Waals surface area contributed by atoms with E-state index in [1.165, 1.54) is 5.56 Å². The van der Waals surface area contributed by atoms with Gasteiger partial charge in [-0.3, -0.25) is 14.6 Å². The molecule has 18 heavy (non-hydrogen) atoms. The third kappa shape index (κ3) is 3.63. The number of aliphatic hydroxyl groups excluding tert-OH is 1. The summed E-state index contributed by atoms with van der Waals surface area (Å²) < 4.78 is 0. The van der Waals surface area contributed by atoms with E-state index in [1.54, 1.807) is 0 Å². The second-order valence-corrected chi connectivity index (χ2v) is 4.70. The van der Waals surface area contributed by atoms with E-state index in [1.807, 2.05) is 24.3 Å². The molecule has 0 atom stereocenters. The lowest BCUT2D eigenvalue weighted by Gasteiger charge is -2.34. The standard InChI is InChI=1S/C14H20N2O2/c17-10-9-15-5-7-16(8-6-15)11-13-1-3-14(12-18)4-2-13/h1-4,12,17H,5-11H2. The number of carbonyl (C=O) groups excluding carboxylic acids is 1. The van der Waals surface area contributed by atoms with E-state index in [0.717, 1.165) is 51.1 Å². The zero-order valence-corrected chi connectivity index (χ0v) is 10.6. The van der Waals surface area contributed by atoms with Gasteiger partial charge in [0.1, 0.15) is 6.29 Å². The second kappa shape index (κ2) is 6.64. The number of piperazine rings is 1. The lowest BCUT2D eigenvalue weighted by molar-refractivity contribution is 0.108. The number of benzene rings is 1. The van der Waals surface area contributed by atoms with Gasteiger partial charge in [-0.25, -0.2) is 0 Å². The number of hydrogen-bond acceptors (Lipinski definition) is 4. The molecule has 1 aromatic rings. The summed E-state index contributed by atoms with van der Waals surface area (Å²) in [6.45, 7) is 6.08. The van der Waals surface area contributed by atoms with Crippen LogP contribution < -0.4 is 0 Å². The van der Waals surface area contributed by atoms with Crippen LogP contribution >= 0.6 is 0 Å². The zero-order valence-electron chi connectivity index (χ0n) is 10.6. The summed E-state index contributed by atoms with van der Waals surface area (Å²) >= 11 is 0. The molecule has 0 amide bonds. The van der Waals surface area contributed by atoms with Crippen molar-refractivity contribution < 1.29 is 9.90 Å². The Bertz CT molecular complexity index is 370. The Morgan fingerprint density at radius 2 is 1.67 bits per heavy atom. The van der Waals surface area contributed by atoms with E-state index < -0.39 is 0 Å². The zero-order chi connectivity index (χ0) is 12.8. The molecule has 1 aromatic carbocycles. The molecule has 0 spiro atoms. The van der Waals surface area contributed by atoms with Crippen LogP contribution in [-0.4, -0.2) is 60.5 Å². The molecule has 0 saturated carbocycles. The van der Waals surface area contributed by atoms with Crippen LogP contribution in [0.25, 0.3) is 0 Å². The van der Waals surface area contributed by atoms with E-state index in [4.69, 9.17) is 5.11 Å². The number of β-amino-alcohol motifs (C(OH)–C–C–N with tert-alkyl or cyclic N) is 1. The van der Waals surface area contributed by atoms with E-state index in [2.05, 4.69) is 9.80 Å². The molecule has 1 aliphatic heterocycles. The number of aliphatic hydroxyl groups is 1. The van der Waals surface area contributed by atoms with Crippen LogP contribution in [0.4, 0.5) is 0 Å².